The highest BCUT2D eigenvalue weighted by molar-refractivity contribution is 5.76. The number of nitrogens with one attached hydrogen (secondary N) is 1. The lowest BCUT2D eigenvalue weighted by Gasteiger charge is -2.20. The molecule has 1 amide bonds. The topological polar surface area (TPSA) is 95.9 Å². The molecule has 6 nitrogen and oxygen atoms in total. The number of aliphatic hydroxyl groups is 2. The van der Waals surface area contributed by atoms with Crippen LogP contribution < -0.4 is 5.32 Å². The van der Waals surface area contributed by atoms with Crippen molar-refractivity contribution in [3.8, 4) is 0 Å². The fraction of sp³-hybridized carbons (Fsp3) is 0.885. The van der Waals surface area contributed by atoms with E-state index in [1.54, 1.807) is 6.08 Å². The van der Waals surface area contributed by atoms with Crippen molar-refractivity contribution in [3.63, 3.8) is 0 Å². The zero-order valence-electron chi connectivity index (χ0n) is 38.8. The summed E-state index contributed by atoms with van der Waals surface area (Å²) in [7, 11) is 0. The van der Waals surface area contributed by atoms with E-state index in [-0.39, 0.29) is 18.5 Å². The number of hydrogen-bond acceptors (Lipinski definition) is 5. The Morgan fingerprint density at radius 2 is 0.828 bits per heavy atom. The molecule has 6 heteroatoms. The maximum atomic E-state index is 12.4. The number of rotatable bonds is 47. The van der Waals surface area contributed by atoms with Gasteiger partial charge in [0.05, 0.1) is 25.4 Å². The average Bonchev–Trinajstić information content (AvgIpc) is 3.22. The summed E-state index contributed by atoms with van der Waals surface area (Å²) in [6.45, 7) is 4.84. The molecule has 0 heterocycles. The van der Waals surface area contributed by atoms with E-state index in [9.17, 15) is 19.8 Å². The largest absolute Gasteiger partial charge is 0.466 e. The number of aliphatic hydroxyl groups excluding tert-OH is 2. The molecule has 2 unspecified atom stereocenters. The van der Waals surface area contributed by atoms with Crippen LogP contribution in [0, 0.1) is 0 Å². The fourth-order valence-electron chi connectivity index (χ4n) is 7.73. The summed E-state index contributed by atoms with van der Waals surface area (Å²) in [5.74, 6) is -0.0782. The predicted octanol–water partition coefficient (Wildman–Crippen LogP) is 15.1. The summed E-state index contributed by atoms with van der Waals surface area (Å²) in [5.41, 5.74) is 0. The summed E-state index contributed by atoms with van der Waals surface area (Å²) < 4.78 is 5.44. The van der Waals surface area contributed by atoms with Crippen molar-refractivity contribution in [2.75, 3.05) is 13.2 Å². The van der Waals surface area contributed by atoms with Crippen LogP contribution in [0.25, 0.3) is 0 Å². The molecule has 0 aliphatic carbocycles. The molecule has 2 atom stereocenters. The number of esters is 1. The Bertz CT molecular complexity index is 904. The van der Waals surface area contributed by atoms with Gasteiger partial charge in [-0.05, 0) is 51.4 Å². The monoisotopic (exact) mass is 818 g/mol. The van der Waals surface area contributed by atoms with Crippen molar-refractivity contribution in [1.29, 1.82) is 0 Å². The third-order valence-electron chi connectivity index (χ3n) is 11.7. The van der Waals surface area contributed by atoms with Crippen LogP contribution in [0.4, 0.5) is 0 Å². The van der Waals surface area contributed by atoms with E-state index in [0.717, 1.165) is 44.9 Å². The highest BCUT2D eigenvalue weighted by atomic mass is 16.5. The first-order valence-electron chi connectivity index (χ1n) is 25.6. The summed E-state index contributed by atoms with van der Waals surface area (Å²) in [4.78, 5) is 24.4. The van der Waals surface area contributed by atoms with Gasteiger partial charge >= 0.3 is 5.97 Å². The minimum absolute atomic E-state index is 0.00509. The number of ether oxygens (including phenoxy) is 1. The molecule has 0 aliphatic rings. The molecule has 0 spiro atoms. The molecule has 0 rings (SSSR count). The first kappa shape index (κ1) is 56.3. The summed E-state index contributed by atoms with van der Waals surface area (Å²) in [5, 5.41) is 23.0. The zero-order valence-corrected chi connectivity index (χ0v) is 38.8. The normalized spacial score (nSPS) is 12.8. The molecule has 0 aromatic rings. The Hall–Kier alpha value is -1.66. The van der Waals surface area contributed by atoms with Gasteiger partial charge in [-0.2, -0.15) is 0 Å². The molecular formula is C52H99NO5. The third-order valence-corrected chi connectivity index (χ3v) is 11.7. The van der Waals surface area contributed by atoms with Gasteiger partial charge in [0.25, 0.3) is 0 Å². The summed E-state index contributed by atoms with van der Waals surface area (Å²) in [6, 6.07) is -0.629. The molecule has 0 radical (unpaired) electrons. The maximum absolute atomic E-state index is 12.4. The van der Waals surface area contributed by atoms with E-state index in [2.05, 4.69) is 31.3 Å². The second kappa shape index (κ2) is 48.0. The van der Waals surface area contributed by atoms with Crippen LogP contribution in [-0.2, 0) is 14.3 Å². The number of carbonyl (C=O) groups is 2. The number of hydrogen-bond donors (Lipinski definition) is 3. The number of carbonyl (C=O) groups excluding carboxylic acids is 2. The van der Waals surface area contributed by atoms with Crippen LogP contribution in [0.2, 0.25) is 0 Å². The summed E-state index contributed by atoms with van der Waals surface area (Å²) >= 11 is 0. The lowest BCUT2D eigenvalue weighted by Crippen LogP contribution is -2.45. The van der Waals surface area contributed by atoms with Crippen molar-refractivity contribution < 1.29 is 24.5 Å². The van der Waals surface area contributed by atoms with Gasteiger partial charge in [0.1, 0.15) is 0 Å². The maximum Gasteiger partial charge on any atom is 0.305 e. The second-order valence-corrected chi connectivity index (χ2v) is 17.5. The molecule has 0 aliphatic heterocycles. The van der Waals surface area contributed by atoms with Crippen LogP contribution in [-0.4, -0.2) is 47.4 Å². The first-order valence-corrected chi connectivity index (χ1v) is 25.6. The molecule has 342 valence electrons. The zero-order chi connectivity index (χ0) is 42.3. The smallest absolute Gasteiger partial charge is 0.305 e. The third kappa shape index (κ3) is 43.9. The Labute approximate surface area is 361 Å². The van der Waals surface area contributed by atoms with Gasteiger partial charge in [-0.15, -0.1) is 0 Å². The lowest BCUT2D eigenvalue weighted by atomic mass is 10.0. The Kier molecular flexibility index (Phi) is 46.6. The minimum Gasteiger partial charge on any atom is -0.466 e. The van der Waals surface area contributed by atoms with Gasteiger partial charge in [-0.25, -0.2) is 0 Å². The molecule has 0 fully saturated rings. The average molecular weight is 818 g/mol. The van der Waals surface area contributed by atoms with Crippen LogP contribution in [0.1, 0.15) is 271 Å². The Balaban J connectivity index is 3.44. The van der Waals surface area contributed by atoms with E-state index in [4.69, 9.17) is 4.74 Å². The molecule has 0 saturated heterocycles. The molecule has 0 aromatic heterocycles. The van der Waals surface area contributed by atoms with E-state index < -0.39 is 12.1 Å². The van der Waals surface area contributed by atoms with E-state index in [1.807, 2.05) is 6.08 Å². The standard InChI is InChI=1S/C52H99NO5/c1-3-5-7-9-11-13-15-25-28-32-36-40-44-50(55)49(48-54)53-51(56)45-41-37-33-29-26-22-20-18-16-17-19-21-23-27-31-35-39-43-47-58-52(57)46-42-38-34-30-24-14-12-10-8-6-4-2/h10,12,40,44,49-50,54-55H,3-9,11,13-39,41-43,45-48H2,1-2H3,(H,53,56)/b12-10-,44-40+. The first-order chi connectivity index (χ1) is 28.5. The number of amides is 1. The number of allylic oxidation sites excluding steroid dienone is 3. The van der Waals surface area contributed by atoms with Crippen molar-refractivity contribution in [2.24, 2.45) is 0 Å². The summed E-state index contributed by atoms with van der Waals surface area (Å²) in [6.07, 6.45) is 56.1. The van der Waals surface area contributed by atoms with Gasteiger partial charge in [0.2, 0.25) is 5.91 Å². The van der Waals surface area contributed by atoms with Crippen LogP contribution >= 0.6 is 0 Å². The second-order valence-electron chi connectivity index (χ2n) is 17.5. The quantitative estimate of drug-likeness (QED) is 0.0323. The molecule has 58 heavy (non-hydrogen) atoms. The fourth-order valence-corrected chi connectivity index (χ4v) is 7.73. The molecule has 0 saturated carbocycles. The van der Waals surface area contributed by atoms with Crippen LogP contribution in [0.15, 0.2) is 24.3 Å². The van der Waals surface area contributed by atoms with E-state index in [0.29, 0.717) is 19.4 Å². The Morgan fingerprint density at radius 1 is 0.466 bits per heavy atom. The van der Waals surface area contributed by atoms with Crippen molar-refractivity contribution in [2.45, 2.75) is 283 Å². The lowest BCUT2D eigenvalue weighted by molar-refractivity contribution is -0.143. The van der Waals surface area contributed by atoms with Gasteiger partial charge in [0.15, 0.2) is 0 Å². The highest BCUT2D eigenvalue weighted by Gasteiger charge is 2.18. The van der Waals surface area contributed by atoms with Crippen LogP contribution in [0.3, 0.4) is 0 Å². The number of unbranched alkanes of at least 4 members (excludes halogenated alkanes) is 34. The molecule has 0 bridgehead atoms. The van der Waals surface area contributed by atoms with Gasteiger partial charge in [0, 0.05) is 12.8 Å². The SMILES string of the molecule is CCCC/C=C\CCCCCCCC(=O)OCCCCCCCCCCCCCCCCCCCCC(=O)NC(CO)C(O)/C=C/CCCCCCCCCCCC. The minimum atomic E-state index is -0.845. The van der Waals surface area contributed by atoms with Crippen molar-refractivity contribution in [3.05, 3.63) is 24.3 Å². The van der Waals surface area contributed by atoms with Crippen molar-refractivity contribution in [1.82, 2.24) is 5.32 Å². The molecular weight excluding hydrogens is 719 g/mol. The van der Waals surface area contributed by atoms with Crippen LogP contribution in [0.5, 0.6) is 0 Å². The predicted molar refractivity (Wildman–Crippen MR) is 250 cm³/mol. The molecule has 0 aromatic carbocycles. The Morgan fingerprint density at radius 3 is 1.28 bits per heavy atom. The molecule has 3 N–H and O–H groups in total. The highest BCUT2D eigenvalue weighted by Crippen LogP contribution is 2.16. The van der Waals surface area contributed by atoms with Gasteiger partial charge < -0.3 is 20.3 Å². The van der Waals surface area contributed by atoms with E-state index in [1.165, 1.54) is 199 Å². The van der Waals surface area contributed by atoms with Crippen molar-refractivity contribution >= 4 is 11.9 Å². The van der Waals surface area contributed by atoms with E-state index >= 15 is 0 Å². The van der Waals surface area contributed by atoms with Gasteiger partial charge in [-0.3, -0.25) is 9.59 Å². The van der Waals surface area contributed by atoms with Gasteiger partial charge in [-0.1, -0.05) is 231 Å².